The summed E-state index contributed by atoms with van der Waals surface area (Å²) in [7, 11) is 0. The molecule has 0 spiro atoms. The molecule has 0 saturated carbocycles. The molecule has 0 fully saturated rings. The van der Waals surface area contributed by atoms with Crippen LogP contribution in [0.1, 0.15) is 37.5 Å². The van der Waals surface area contributed by atoms with E-state index in [9.17, 15) is 0 Å². The molecule has 4 rings (SSSR count). The van der Waals surface area contributed by atoms with E-state index in [1.807, 2.05) is 0 Å². The lowest BCUT2D eigenvalue weighted by atomic mass is 9.82. The van der Waals surface area contributed by atoms with E-state index in [4.69, 9.17) is 0 Å². The number of aryl methyl sites for hydroxylation is 2. The van der Waals surface area contributed by atoms with Crippen LogP contribution in [-0.2, 0) is 5.41 Å². The van der Waals surface area contributed by atoms with E-state index >= 15 is 0 Å². The Balaban J connectivity index is 2.27. The van der Waals surface area contributed by atoms with Crippen LogP contribution in [0.3, 0.4) is 0 Å². The molecule has 0 amide bonds. The zero-order valence-corrected chi connectivity index (χ0v) is 14.0. The summed E-state index contributed by atoms with van der Waals surface area (Å²) in [5, 5.41) is 8.38. The quantitative estimate of drug-likeness (QED) is 0.324. The summed E-state index contributed by atoms with van der Waals surface area (Å²) in [6.45, 7) is 11.3. The van der Waals surface area contributed by atoms with Gasteiger partial charge in [-0.25, -0.2) is 0 Å². The van der Waals surface area contributed by atoms with Crippen molar-refractivity contribution in [2.24, 2.45) is 0 Å². The van der Waals surface area contributed by atoms with Crippen LogP contribution in [0.25, 0.3) is 32.3 Å². The summed E-state index contributed by atoms with van der Waals surface area (Å²) < 4.78 is 0. The van der Waals surface area contributed by atoms with Gasteiger partial charge >= 0.3 is 0 Å². The van der Waals surface area contributed by atoms with E-state index in [0.717, 1.165) is 0 Å². The molecule has 0 atom stereocenters. The summed E-state index contributed by atoms with van der Waals surface area (Å²) >= 11 is 0. The standard InChI is InChI=1S/C22H22/c1-13-10-14(2)19-9-7-16-12-17(22(3,4)5)11-15-6-8-18(13)21(19)20(15)16/h6-12H,1-5H3. The van der Waals surface area contributed by atoms with Crippen LogP contribution in [-0.4, -0.2) is 0 Å². The molecule has 0 heterocycles. The molecule has 0 aliphatic heterocycles. The maximum Gasteiger partial charge on any atom is -0.00215 e. The normalized spacial score (nSPS) is 12.8. The van der Waals surface area contributed by atoms with Crippen LogP contribution in [0.4, 0.5) is 0 Å². The van der Waals surface area contributed by atoms with Crippen LogP contribution in [0.15, 0.2) is 42.5 Å². The van der Waals surface area contributed by atoms with Crippen LogP contribution in [0.2, 0.25) is 0 Å². The molecule has 0 aliphatic carbocycles. The van der Waals surface area contributed by atoms with Gasteiger partial charge in [0.05, 0.1) is 0 Å². The Hall–Kier alpha value is -2.08. The van der Waals surface area contributed by atoms with E-state index < -0.39 is 0 Å². The predicted octanol–water partition coefficient (Wildman–Crippen LogP) is 6.50. The van der Waals surface area contributed by atoms with E-state index in [-0.39, 0.29) is 5.41 Å². The van der Waals surface area contributed by atoms with Crippen molar-refractivity contribution in [2.45, 2.75) is 40.0 Å². The van der Waals surface area contributed by atoms with Crippen molar-refractivity contribution in [1.82, 2.24) is 0 Å². The maximum atomic E-state index is 2.37. The molecule has 0 aromatic heterocycles. The Morgan fingerprint density at radius 1 is 0.636 bits per heavy atom. The first-order valence-corrected chi connectivity index (χ1v) is 8.05. The average molecular weight is 286 g/mol. The van der Waals surface area contributed by atoms with Crippen molar-refractivity contribution < 1.29 is 0 Å². The molecule has 0 unspecified atom stereocenters. The van der Waals surface area contributed by atoms with Gasteiger partial charge in [0.2, 0.25) is 0 Å². The number of hydrogen-bond acceptors (Lipinski definition) is 0. The van der Waals surface area contributed by atoms with E-state index in [1.54, 1.807) is 0 Å². The monoisotopic (exact) mass is 286 g/mol. The van der Waals surface area contributed by atoms with Gasteiger partial charge in [-0.15, -0.1) is 0 Å². The second kappa shape index (κ2) is 4.23. The highest BCUT2D eigenvalue weighted by atomic mass is 14.2. The van der Waals surface area contributed by atoms with Crippen LogP contribution >= 0.6 is 0 Å². The zero-order valence-electron chi connectivity index (χ0n) is 14.0. The third-order valence-corrected chi connectivity index (χ3v) is 5.00. The Morgan fingerprint density at radius 3 is 1.59 bits per heavy atom. The minimum atomic E-state index is 0.177. The lowest BCUT2D eigenvalue weighted by molar-refractivity contribution is 0.591. The molecule has 0 saturated heterocycles. The largest absolute Gasteiger partial charge is 0.0561 e. The third-order valence-electron chi connectivity index (χ3n) is 5.00. The van der Waals surface area contributed by atoms with Gasteiger partial charge in [-0.1, -0.05) is 63.2 Å². The fourth-order valence-electron chi connectivity index (χ4n) is 3.74. The predicted molar refractivity (Wildman–Crippen MR) is 98.3 cm³/mol. The van der Waals surface area contributed by atoms with Crippen molar-refractivity contribution in [1.29, 1.82) is 0 Å². The van der Waals surface area contributed by atoms with Gasteiger partial charge in [-0.2, -0.15) is 0 Å². The third kappa shape index (κ3) is 1.76. The first kappa shape index (κ1) is 13.6. The molecule has 0 aliphatic rings. The van der Waals surface area contributed by atoms with E-state index in [2.05, 4.69) is 77.1 Å². The molecule has 4 aromatic rings. The Morgan fingerprint density at radius 2 is 1.14 bits per heavy atom. The summed E-state index contributed by atoms with van der Waals surface area (Å²) in [5.74, 6) is 0. The van der Waals surface area contributed by atoms with Crippen molar-refractivity contribution in [2.75, 3.05) is 0 Å². The molecule has 0 heteroatoms. The topological polar surface area (TPSA) is 0 Å². The van der Waals surface area contributed by atoms with Crippen molar-refractivity contribution in [3.05, 3.63) is 59.2 Å². The minimum Gasteiger partial charge on any atom is -0.0561 e. The fraction of sp³-hybridized carbons (Fsp3) is 0.273. The zero-order chi connectivity index (χ0) is 15.6. The number of hydrogen-bond donors (Lipinski definition) is 0. The molecule has 0 radical (unpaired) electrons. The van der Waals surface area contributed by atoms with Gasteiger partial charge in [0.1, 0.15) is 0 Å². The highest BCUT2D eigenvalue weighted by Crippen LogP contribution is 2.39. The van der Waals surface area contributed by atoms with Crippen molar-refractivity contribution >= 4 is 32.3 Å². The lowest BCUT2D eigenvalue weighted by Gasteiger charge is -2.22. The van der Waals surface area contributed by atoms with Crippen LogP contribution in [0, 0.1) is 13.8 Å². The average Bonchev–Trinajstić information content (AvgIpc) is 2.45. The molecule has 22 heavy (non-hydrogen) atoms. The van der Waals surface area contributed by atoms with Crippen molar-refractivity contribution in [3.8, 4) is 0 Å². The number of benzene rings is 4. The van der Waals surface area contributed by atoms with Gasteiger partial charge in [0.15, 0.2) is 0 Å². The summed E-state index contributed by atoms with van der Waals surface area (Å²) in [5.41, 5.74) is 4.33. The Kier molecular flexibility index (Phi) is 2.61. The summed E-state index contributed by atoms with van der Waals surface area (Å²) in [6.07, 6.45) is 0. The van der Waals surface area contributed by atoms with Gasteiger partial charge in [-0.05, 0) is 68.3 Å². The van der Waals surface area contributed by atoms with Crippen LogP contribution < -0.4 is 0 Å². The van der Waals surface area contributed by atoms with Gasteiger partial charge in [0.25, 0.3) is 0 Å². The molecule has 110 valence electrons. The fourth-order valence-corrected chi connectivity index (χ4v) is 3.74. The molecule has 0 N–H and O–H groups in total. The molecule has 0 bridgehead atoms. The van der Waals surface area contributed by atoms with Crippen LogP contribution in [0.5, 0.6) is 0 Å². The van der Waals surface area contributed by atoms with E-state index in [1.165, 1.54) is 49.0 Å². The summed E-state index contributed by atoms with van der Waals surface area (Å²) in [4.78, 5) is 0. The van der Waals surface area contributed by atoms with Gasteiger partial charge < -0.3 is 0 Å². The SMILES string of the molecule is Cc1cc(C)c2ccc3cc(C(C)(C)C)cc4ccc1c2c43. The number of rotatable bonds is 0. The minimum absolute atomic E-state index is 0.177. The second-order valence-electron chi connectivity index (χ2n) is 7.66. The van der Waals surface area contributed by atoms with E-state index in [0.29, 0.717) is 0 Å². The Labute approximate surface area is 132 Å². The van der Waals surface area contributed by atoms with Gasteiger partial charge in [0, 0.05) is 0 Å². The summed E-state index contributed by atoms with van der Waals surface area (Å²) in [6, 6.07) is 16.2. The molecular formula is C22H22. The smallest absolute Gasteiger partial charge is 0.00215 e. The maximum absolute atomic E-state index is 2.37. The molecule has 4 aromatic carbocycles. The van der Waals surface area contributed by atoms with Gasteiger partial charge in [-0.3, -0.25) is 0 Å². The highest BCUT2D eigenvalue weighted by Gasteiger charge is 2.17. The Bertz CT molecular complexity index is 943. The molecular weight excluding hydrogens is 264 g/mol. The first-order chi connectivity index (χ1) is 10.4. The lowest BCUT2D eigenvalue weighted by Crippen LogP contribution is -2.10. The first-order valence-electron chi connectivity index (χ1n) is 8.05. The highest BCUT2D eigenvalue weighted by molar-refractivity contribution is 6.24. The second-order valence-corrected chi connectivity index (χ2v) is 7.66. The molecule has 0 nitrogen and oxygen atoms in total. The van der Waals surface area contributed by atoms with Crippen molar-refractivity contribution in [3.63, 3.8) is 0 Å².